The van der Waals surface area contributed by atoms with Crippen molar-refractivity contribution in [3.8, 4) is 16.6 Å². The highest BCUT2D eigenvalue weighted by atomic mass is 32.1. The van der Waals surface area contributed by atoms with E-state index in [0.717, 1.165) is 11.5 Å². The van der Waals surface area contributed by atoms with E-state index in [4.69, 9.17) is 5.26 Å². The fraction of sp³-hybridized carbons (Fsp3) is 0.250. The molecule has 80 valence electrons. The van der Waals surface area contributed by atoms with Crippen molar-refractivity contribution in [1.82, 2.24) is 9.97 Å². The molecular weight excluding hydrogens is 218 g/mol. The predicted octanol–water partition coefficient (Wildman–Crippen LogP) is 2.97. The monoisotopic (exact) mass is 229 g/mol. The zero-order chi connectivity index (χ0) is 11.4. The van der Waals surface area contributed by atoms with Crippen LogP contribution in [0.25, 0.3) is 10.6 Å². The topological polar surface area (TPSA) is 49.6 Å². The van der Waals surface area contributed by atoms with Gasteiger partial charge in [0.2, 0.25) is 0 Å². The summed E-state index contributed by atoms with van der Waals surface area (Å²) in [5.74, 6) is 0.742. The van der Waals surface area contributed by atoms with Crippen molar-refractivity contribution in [3.63, 3.8) is 0 Å². The Labute approximate surface area is 98.4 Å². The van der Waals surface area contributed by atoms with Gasteiger partial charge >= 0.3 is 0 Å². The Kier molecular flexibility index (Phi) is 3.28. The fourth-order valence-corrected chi connectivity index (χ4v) is 2.35. The Morgan fingerprint density at radius 3 is 3.00 bits per heavy atom. The average Bonchev–Trinajstić information content (AvgIpc) is 2.73. The third kappa shape index (κ3) is 2.26. The molecule has 0 bridgehead atoms. The van der Waals surface area contributed by atoms with Gasteiger partial charge in [-0.3, -0.25) is 0 Å². The summed E-state index contributed by atoms with van der Waals surface area (Å²) in [5, 5.41) is 10.6. The van der Waals surface area contributed by atoms with Gasteiger partial charge in [-0.25, -0.2) is 9.97 Å². The van der Waals surface area contributed by atoms with Crippen molar-refractivity contribution in [2.75, 3.05) is 0 Å². The molecule has 0 aliphatic heterocycles. The van der Waals surface area contributed by atoms with Gasteiger partial charge in [0.05, 0.1) is 16.6 Å². The lowest BCUT2D eigenvalue weighted by Gasteiger charge is -2.01. The van der Waals surface area contributed by atoms with Crippen LogP contribution in [-0.2, 0) is 6.42 Å². The summed E-state index contributed by atoms with van der Waals surface area (Å²) in [6, 6.07) is 6.10. The standard InChI is InChI=1S/C12H11N3S/c1-9-5-8-16-12(9)10-4-7-14-11(15-10)3-2-6-13/h4-5,7-8H,2-3H2,1H3. The molecule has 0 radical (unpaired) electrons. The molecule has 0 amide bonds. The van der Waals surface area contributed by atoms with Gasteiger partial charge in [-0.15, -0.1) is 11.3 Å². The number of rotatable bonds is 3. The van der Waals surface area contributed by atoms with Crippen molar-refractivity contribution >= 4 is 11.3 Å². The Morgan fingerprint density at radius 1 is 1.44 bits per heavy atom. The summed E-state index contributed by atoms with van der Waals surface area (Å²) in [6.45, 7) is 2.07. The minimum atomic E-state index is 0.465. The number of aromatic nitrogens is 2. The third-order valence-electron chi connectivity index (χ3n) is 2.26. The van der Waals surface area contributed by atoms with Crippen molar-refractivity contribution in [3.05, 3.63) is 35.1 Å². The Hall–Kier alpha value is -1.73. The van der Waals surface area contributed by atoms with Crippen molar-refractivity contribution in [1.29, 1.82) is 5.26 Å². The number of thiophene rings is 1. The van der Waals surface area contributed by atoms with E-state index in [9.17, 15) is 0 Å². The maximum atomic E-state index is 8.52. The van der Waals surface area contributed by atoms with Crippen LogP contribution < -0.4 is 0 Å². The van der Waals surface area contributed by atoms with Crippen molar-refractivity contribution < 1.29 is 0 Å². The van der Waals surface area contributed by atoms with E-state index in [1.54, 1.807) is 17.5 Å². The van der Waals surface area contributed by atoms with E-state index in [1.807, 2.05) is 6.07 Å². The largest absolute Gasteiger partial charge is 0.241 e. The number of aryl methyl sites for hydroxylation is 2. The minimum Gasteiger partial charge on any atom is -0.241 e. The maximum absolute atomic E-state index is 8.52. The highest BCUT2D eigenvalue weighted by molar-refractivity contribution is 7.13. The van der Waals surface area contributed by atoms with Crippen LogP contribution in [0.2, 0.25) is 0 Å². The van der Waals surface area contributed by atoms with Crippen molar-refractivity contribution in [2.24, 2.45) is 0 Å². The molecule has 0 saturated carbocycles. The molecule has 3 nitrogen and oxygen atoms in total. The summed E-state index contributed by atoms with van der Waals surface area (Å²) in [6.07, 6.45) is 2.84. The Balaban J connectivity index is 2.30. The van der Waals surface area contributed by atoms with Crippen LogP contribution in [0.4, 0.5) is 0 Å². The average molecular weight is 229 g/mol. The Morgan fingerprint density at radius 2 is 2.31 bits per heavy atom. The molecule has 16 heavy (non-hydrogen) atoms. The number of hydrogen-bond donors (Lipinski definition) is 0. The van der Waals surface area contributed by atoms with Gasteiger partial charge in [0.1, 0.15) is 5.82 Å². The maximum Gasteiger partial charge on any atom is 0.130 e. The lowest BCUT2D eigenvalue weighted by molar-refractivity contribution is 0.887. The van der Waals surface area contributed by atoms with Crippen LogP contribution >= 0.6 is 11.3 Å². The molecule has 0 saturated heterocycles. The van der Waals surface area contributed by atoms with E-state index in [1.165, 1.54) is 10.4 Å². The van der Waals surface area contributed by atoms with Gasteiger partial charge in [0, 0.05) is 19.0 Å². The first-order valence-corrected chi connectivity index (χ1v) is 5.92. The van der Waals surface area contributed by atoms with Crippen molar-refractivity contribution in [2.45, 2.75) is 19.8 Å². The third-order valence-corrected chi connectivity index (χ3v) is 3.30. The van der Waals surface area contributed by atoms with E-state index < -0.39 is 0 Å². The molecule has 0 N–H and O–H groups in total. The number of nitriles is 1. The smallest absolute Gasteiger partial charge is 0.130 e. The van der Waals surface area contributed by atoms with Crippen LogP contribution in [0.5, 0.6) is 0 Å². The second-order valence-corrected chi connectivity index (χ2v) is 4.37. The highest BCUT2D eigenvalue weighted by Crippen LogP contribution is 2.26. The van der Waals surface area contributed by atoms with Gasteiger partial charge in [-0.05, 0) is 30.0 Å². The van der Waals surface area contributed by atoms with Gasteiger partial charge in [0.25, 0.3) is 0 Å². The molecule has 0 aliphatic carbocycles. The first-order chi connectivity index (χ1) is 7.81. The molecule has 2 aromatic rings. The van der Waals surface area contributed by atoms with E-state index in [0.29, 0.717) is 12.8 Å². The van der Waals surface area contributed by atoms with Crippen LogP contribution in [0.15, 0.2) is 23.7 Å². The van der Waals surface area contributed by atoms with Gasteiger partial charge in [-0.2, -0.15) is 5.26 Å². The predicted molar refractivity (Wildman–Crippen MR) is 64.0 cm³/mol. The normalized spacial score (nSPS) is 10.0. The SMILES string of the molecule is Cc1ccsc1-c1ccnc(CCC#N)n1. The molecular formula is C12H11N3S. The summed E-state index contributed by atoms with van der Waals surface area (Å²) in [5.41, 5.74) is 2.19. The van der Waals surface area contributed by atoms with Gasteiger partial charge in [-0.1, -0.05) is 0 Å². The van der Waals surface area contributed by atoms with Crippen LogP contribution in [-0.4, -0.2) is 9.97 Å². The lowest BCUT2D eigenvalue weighted by atomic mass is 10.2. The fourth-order valence-electron chi connectivity index (χ4n) is 1.45. The first-order valence-electron chi connectivity index (χ1n) is 5.04. The minimum absolute atomic E-state index is 0.465. The summed E-state index contributed by atoms with van der Waals surface area (Å²) in [4.78, 5) is 9.80. The molecule has 4 heteroatoms. The van der Waals surface area contributed by atoms with Crippen LogP contribution in [0, 0.1) is 18.3 Å². The highest BCUT2D eigenvalue weighted by Gasteiger charge is 2.06. The molecule has 2 aromatic heterocycles. The quantitative estimate of drug-likeness (QED) is 0.813. The van der Waals surface area contributed by atoms with E-state index in [2.05, 4.69) is 34.4 Å². The molecule has 0 aromatic carbocycles. The molecule has 2 rings (SSSR count). The number of nitrogens with zero attached hydrogens (tertiary/aromatic N) is 3. The molecule has 0 spiro atoms. The molecule has 0 atom stereocenters. The molecule has 0 unspecified atom stereocenters. The molecule has 2 heterocycles. The van der Waals surface area contributed by atoms with Crippen LogP contribution in [0.3, 0.4) is 0 Å². The lowest BCUT2D eigenvalue weighted by Crippen LogP contribution is -1.95. The Bertz CT molecular complexity index is 525. The summed E-state index contributed by atoms with van der Waals surface area (Å²) < 4.78 is 0. The summed E-state index contributed by atoms with van der Waals surface area (Å²) in [7, 11) is 0. The first kappa shape index (κ1) is 10.8. The zero-order valence-corrected chi connectivity index (χ0v) is 9.79. The second kappa shape index (κ2) is 4.86. The molecule has 0 fully saturated rings. The van der Waals surface area contributed by atoms with Gasteiger partial charge < -0.3 is 0 Å². The van der Waals surface area contributed by atoms with Crippen LogP contribution in [0.1, 0.15) is 17.8 Å². The van der Waals surface area contributed by atoms with E-state index in [-0.39, 0.29) is 0 Å². The summed E-state index contributed by atoms with van der Waals surface area (Å²) >= 11 is 1.68. The number of hydrogen-bond acceptors (Lipinski definition) is 4. The zero-order valence-electron chi connectivity index (χ0n) is 8.97. The molecule has 0 aliphatic rings. The van der Waals surface area contributed by atoms with Gasteiger partial charge in [0.15, 0.2) is 0 Å². The second-order valence-electron chi connectivity index (χ2n) is 3.45. The van der Waals surface area contributed by atoms with E-state index >= 15 is 0 Å².